The molecule has 0 saturated carbocycles. The van der Waals surface area contributed by atoms with E-state index in [0.29, 0.717) is 11.9 Å². The number of aryl methyl sites for hydroxylation is 1. The van der Waals surface area contributed by atoms with Crippen molar-refractivity contribution in [2.24, 2.45) is 0 Å². The number of nitrogens with zero attached hydrogens (tertiary/aromatic N) is 3. The van der Waals surface area contributed by atoms with E-state index in [1.807, 2.05) is 10.6 Å². The Hall–Kier alpha value is -1.29. The third-order valence-corrected chi connectivity index (χ3v) is 3.04. The number of aromatic nitrogens is 3. The predicted molar refractivity (Wildman–Crippen MR) is 70.8 cm³/mol. The van der Waals surface area contributed by atoms with E-state index >= 15 is 0 Å². The van der Waals surface area contributed by atoms with E-state index < -0.39 is 0 Å². The fraction of sp³-hybridized carbons (Fsp3) is 0.500. The highest BCUT2D eigenvalue weighted by atomic mass is 35.5. The number of hydrogen-bond acceptors (Lipinski definition) is 3. The molecule has 0 amide bonds. The molecule has 1 N–H and O–H groups in total. The lowest BCUT2D eigenvalue weighted by molar-refractivity contribution is 0.667. The Labute approximate surface area is 106 Å². The lowest BCUT2D eigenvalue weighted by Crippen LogP contribution is -2.21. The Morgan fingerprint density at radius 2 is 2.29 bits per heavy atom. The first-order valence-electron chi connectivity index (χ1n) is 5.87. The second-order valence-electron chi connectivity index (χ2n) is 4.18. The minimum absolute atomic E-state index is 0.377. The highest BCUT2D eigenvalue weighted by Gasteiger charge is 2.09. The average molecular weight is 253 g/mol. The molecule has 4 nitrogen and oxygen atoms in total. The van der Waals surface area contributed by atoms with Crippen molar-refractivity contribution in [2.75, 3.05) is 11.2 Å². The summed E-state index contributed by atoms with van der Waals surface area (Å²) in [6.45, 7) is 4.21. The fourth-order valence-electron chi connectivity index (χ4n) is 1.88. The molecule has 5 heteroatoms. The van der Waals surface area contributed by atoms with Crippen LogP contribution in [0.3, 0.4) is 0 Å². The van der Waals surface area contributed by atoms with Gasteiger partial charge in [-0.15, -0.1) is 11.6 Å². The molecule has 17 heavy (non-hydrogen) atoms. The minimum atomic E-state index is 0.377. The Kier molecular flexibility index (Phi) is 3.84. The van der Waals surface area contributed by atoms with Gasteiger partial charge in [0, 0.05) is 11.9 Å². The van der Waals surface area contributed by atoms with Gasteiger partial charge in [-0.25, -0.2) is 4.98 Å². The molecule has 92 valence electrons. The lowest BCUT2D eigenvalue weighted by Gasteiger charge is -2.17. The molecule has 0 aliphatic rings. The standard InChI is InChI=1S/C12H17ClN4/c1-3-10(4-5-13)16-12-7-9(2)6-11-14-8-15-17(11)12/h6-8,10,16H,3-5H2,1-2H3. The zero-order valence-electron chi connectivity index (χ0n) is 10.2. The molecule has 0 aliphatic carbocycles. The second kappa shape index (κ2) is 5.36. The summed E-state index contributed by atoms with van der Waals surface area (Å²) in [5.74, 6) is 1.65. The number of nitrogens with one attached hydrogen (secondary N) is 1. The molecule has 2 aromatic rings. The largest absolute Gasteiger partial charge is 0.367 e. The van der Waals surface area contributed by atoms with Crippen LogP contribution < -0.4 is 5.32 Å². The maximum absolute atomic E-state index is 5.79. The van der Waals surface area contributed by atoms with Gasteiger partial charge in [0.25, 0.3) is 0 Å². The van der Waals surface area contributed by atoms with Crippen LogP contribution in [0.25, 0.3) is 5.65 Å². The first kappa shape index (κ1) is 12.2. The number of rotatable bonds is 5. The molecular weight excluding hydrogens is 236 g/mol. The molecular formula is C12H17ClN4. The van der Waals surface area contributed by atoms with Crippen molar-refractivity contribution in [3.8, 4) is 0 Å². The molecule has 2 aromatic heterocycles. The van der Waals surface area contributed by atoms with E-state index in [1.165, 1.54) is 5.56 Å². The first-order chi connectivity index (χ1) is 8.24. The summed E-state index contributed by atoms with van der Waals surface area (Å²) < 4.78 is 1.82. The van der Waals surface area contributed by atoms with Gasteiger partial charge in [-0.2, -0.15) is 9.61 Å². The van der Waals surface area contributed by atoms with Crippen LogP contribution in [0.2, 0.25) is 0 Å². The molecule has 0 aromatic carbocycles. The normalized spacial score (nSPS) is 12.9. The van der Waals surface area contributed by atoms with E-state index in [2.05, 4.69) is 35.3 Å². The highest BCUT2D eigenvalue weighted by Crippen LogP contribution is 2.16. The van der Waals surface area contributed by atoms with Crippen LogP contribution in [-0.4, -0.2) is 26.5 Å². The summed E-state index contributed by atoms with van der Waals surface area (Å²) >= 11 is 5.79. The summed E-state index contributed by atoms with van der Waals surface area (Å²) in [7, 11) is 0. The third kappa shape index (κ3) is 2.69. The van der Waals surface area contributed by atoms with Crippen molar-refractivity contribution in [2.45, 2.75) is 32.7 Å². The Morgan fingerprint density at radius 3 is 3.00 bits per heavy atom. The van der Waals surface area contributed by atoms with Crippen molar-refractivity contribution in [3.63, 3.8) is 0 Å². The van der Waals surface area contributed by atoms with E-state index in [9.17, 15) is 0 Å². The number of hydrogen-bond donors (Lipinski definition) is 1. The molecule has 1 unspecified atom stereocenters. The van der Waals surface area contributed by atoms with Crippen LogP contribution in [-0.2, 0) is 0 Å². The van der Waals surface area contributed by atoms with Gasteiger partial charge in [0.15, 0.2) is 5.65 Å². The number of alkyl halides is 1. The maximum Gasteiger partial charge on any atom is 0.157 e. The molecule has 2 rings (SSSR count). The molecule has 0 radical (unpaired) electrons. The van der Waals surface area contributed by atoms with Crippen LogP contribution in [0.4, 0.5) is 5.82 Å². The van der Waals surface area contributed by atoms with Gasteiger partial charge in [-0.1, -0.05) is 6.92 Å². The van der Waals surface area contributed by atoms with Crippen LogP contribution >= 0.6 is 11.6 Å². The highest BCUT2D eigenvalue weighted by molar-refractivity contribution is 6.17. The van der Waals surface area contributed by atoms with E-state index in [1.54, 1.807) is 6.33 Å². The van der Waals surface area contributed by atoms with Crippen LogP contribution in [0.1, 0.15) is 25.3 Å². The Balaban J connectivity index is 2.30. The Morgan fingerprint density at radius 1 is 1.47 bits per heavy atom. The van der Waals surface area contributed by atoms with Crippen molar-refractivity contribution in [3.05, 3.63) is 24.0 Å². The molecule has 0 aliphatic heterocycles. The van der Waals surface area contributed by atoms with Crippen molar-refractivity contribution < 1.29 is 0 Å². The average Bonchev–Trinajstić information content (AvgIpc) is 2.76. The number of pyridine rings is 1. The molecule has 0 fully saturated rings. The number of anilines is 1. The SMILES string of the molecule is CCC(CCCl)Nc1cc(C)cc2ncnn12. The van der Waals surface area contributed by atoms with Crippen molar-refractivity contribution in [1.29, 1.82) is 0 Å². The third-order valence-electron chi connectivity index (χ3n) is 2.83. The van der Waals surface area contributed by atoms with Crippen molar-refractivity contribution >= 4 is 23.1 Å². The van der Waals surface area contributed by atoms with E-state index in [-0.39, 0.29) is 0 Å². The molecule has 0 spiro atoms. The smallest absolute Gasteiger partial charge is 0.157 e. The van der Waals surface area contributed by atoms with Gasteiger partial charge < -0.3 is 5.32 Å². The quantitative estimate of drug-likeness (QED) is 0.832. The van der Waals surface area contributed by atoms with Gasteiger partial charge in [-0.05, 0) is 37.5 Å². The zero-order valence-corrected chi connectivity index (χ0v) is 10.9. The number of fused-ring (bicyclic) bond motifs is 1. The van der Waals surface area contributed by atoms with Gasteiger partial charge in [0.1, 0.15) is 12.1 Å². The molecule has 0 saturated heterocycles. The van der Waals surface area contributed by atoms with Crippen molar-refractivity contribution in [1.82, 2.24) is 14.6 Å². The first-order valence-corrected chi connectivity index (χ1v) is 6.41. The predicted octanol–water partition coefficient (Wildman–Crippen LogP) is 2.86. The lowest BCUT2D eigenvalue weighted by atomic mass is 10.1. The Bertz CT molecular complexity index is 494. The van der Waals surface area contributed by atoms with Crippen LogP contribution in [0.5, 0.6) is 0 Å². The van der Waals surface area contributed by atoms with Crippen LogP contribution in [0, 0.1) is 6.92 Å². The van der Waals surface area contributed by atoms with Gasteiger partial charge in [0.2, 0.25) is 0 Å². The zero-order chi connectivity index (χ0) is 12.3. The monoisotopic (exact) mass is 252 g/mol. The summed E-state index contributed by atoms with van der Waals surface area (Å²) in [5.41, 5.74) is 2.04. The summed E-state index contributed by atoms with van der Waals surface area (Å²) in [6, 6.07) is 4.47. The summed E-state index contributed by atoms with van der Waals surface area (Å²) in [6.07, 6.45) is 3.56. The molecule has 0 bridgehead atoms. The van der Waals surface area contributed by atoms with Crippen LogP contribution in [0.15, 0.2) is 18.5 Å². The van der Waals surface area contributed by atoms with Gasteiger partial charge >= 0.3 is 0 Å². The fourth-order valence-corrected chi connectivity index (χ4v) is 2.14. The molecule has 1 atom stereocenters. The molecule has 2 heterocycles. The van der Waals surface area contributed by atoms with Gasteiger partial charge in [0.05, 0.1) is 0 Å². The summed E-state index contributed by atoms with van der Waals surface area (Å²) in [5, 5.41) is 7.69. The minimum Gasteiger partial charge on any atom is -0.367 e. The van der Waals surface area contributed by atoms with E-state index in [0.717, 1.165) is 24.3 Å². The summed E-state index contributed by atoms with van der Waals surface area (Å²) in [4.78, 5) is 4.21. The topological polar surface area (TPSA) is 42.2 Å². The second-order valence-corrected chi connectivity index (χ2v) is 4.55. The maximum atomic E-state index is 5.79. The van der Waals surface area contributed by atoms with E-state index in [4.69, 9.17) is 11.6 Å². The number of halogens is 1. The van der Waals surface area contributed by atoms with Gasteiger partial charge in [-0.3, -0.25) is 0 Å².